The van der Waals surface area contributed by atoms with Crippen molar-refractivity contribution in [3.8, 4) is 0 Å². The van der Waals surface area contributed by atoms with Crippen LogP contribution in [0.15, 0.2) is 22.7 Å². The van der Waals surface area contributed by atoms with Crippen molar-refractivity contribution < 1.29 is 13.9 Å². The van der Waals surface area contributed by atoms with Gasteiger partial charge in [-0.25, -0.2) is 9.18 Å². The molecule has 0 bridgehead atoms. The SMILES string of the molecule is C[C@@H]1OC(=O)c2ccc(Br)cc2[C@@H]1F. The molecule has 0 amide bonds. The zero-order valence-corrected chi connectivity index (χ0v) is 9.05. The van der Waals surface area contributed by atoms with E-state index in [1.54, 1.807) is 25.1 Å². The molecule has 2 atom stereocenters. The minimum Gasteiger partial charge on any atom is -0.456 e. The van der Waals surface area contributed by atoms with Crippen molar-refractivity contribution in [3.05, 3.63) is 33.8 Å². The van der Waals surface area contributed by atoms with Crippen LogP contribution in [-0.4, -0.2) is 12.1 Å². The molecular formula is C10H8BrFO2. The Kier molecular flexibility index (Phi) is 2.31. The maximum atomic E-state index is 13.6. The highest BCUT2D eigenvalue weighted by Gasteiger charge is 2.32. The number of halogens is 2. The predicted molar refractivity (Wildman–Crippen MR) is 52.9 cm³/mol. The Balaban J connectivity index is 2.56. The number of esters is 1. The van der Waals surface area contributed by atoms with Crippen molar-refractivity contribution in [1.82, 2.24) is 0 Å². The molecule has 2 nitrogen and oxygen atoms in total. The van der Waals surface area contributed by atoms with Crippen molar-refractivity contribution in [1.29, 1.82) is 0 Å². The van der Waals surface area contributed by atoms with Crippen LogP contribution in [0, 0.1) is 0 Å². The molecule has 0 aliphatic carbocycles. The highest BCUT2D eigenvalue weighted by atomic mass is 79.9. The summed E-state index contributed by atoms with van der Waals surface area (Å²) in [6.45, 7) is 1.55. The van der Waals surface area contributed by atoms with Gasteiger partial charge in [0.2, 0.25) is 0 Å². The van der Waals surface area contributed by atoms with Crippen LogP contribution in [0.5, 0.6) is 0 Å². The molecule has 1 heterocycles. The summed E-state index contributed by atoms with van der Waals surface area (Å²) in [6, 6.07) is 4.89. The van der Waals surface area contributed by atoms with Gasteiger partial charge in [-0.15, -0.1) is 0 Å². The quantitative estimate of drug-likeness (QED) is 0.669. The smallest absolute Gasteiger partial charge is 0.338 e. The second kappa shape index (κ2) is 3.35. The summed E-state index contributed by atoms with van der Waals surface area (Å²) in [7, 11) is 0. The van der Waals surface area contributed by atoms with Crippen LogP contribution in [0.25, 0.3) is 0 Å². The maximum absolute atomic E-state index is 13.6. The van der Waals surface area contributed by atoms with Crippen LogP contribution < -0.4 is 0 Å². The average molecular weight is 259 g/mol. The monoisotopic (exact) mass is 258 g/mol. The molecule has 0 unspecified atom stereocenters. The summed E-state index contributed by atoms with van der Waals surface area (Å²) in [5, 5.41) is 0. The van der Waals surface area contributed by atoms with Crippen LogP contribution in [0.4, 0.5) is 4.39 Å². The first-order valence-corrected chi connectivity index (χ1v) is 5.03. The van der Waals surface area contributed by atoms with Gasteiger partial charge in [-0.1, -0.05) is 15.9 Å². The Labute approximate surface area is 89.2 Å². The van der Waals surface area contributed by atoms with E-state index in [0.29, 0.717) is 11.1 Å². The number of benzene rings is 1. The topological polar surface area (TPSA) is 26.3 Å². The number of ether oxygens (including phenoxy) is 1. The lowest BCUT2D eigenvalue weighted by Gasteiger charge is -2.25. The molecule has 0 aromatic heterocycles. The largest absolute Gasteiger partial charge is 0.456 e. The molecule has 2 rings (SSSR count). The van der Waals surface area contributed by atoms with Crippen molar-refractivity contribution >= 4 is 21.9 Å². The first kappa shape index (κ1) is 9.65. The molecule has 0 N–H and O–H groups in total. The molecule has 1 aliphatic rings. The van der Waals surface area contributed by atoms with Gasteiger partial charge in [0, 0.05) is 10.0 Å². The summed E-state index contributed by atoms with van der Waals surface area (Å²) in [5.74, 6) is -0.450. The summed E-state index contributed by atoms with van der Waals surface area (Å²) in [5.41, 5.74) is 0.724. The molecule has 0 fully saturated rings. The minimum atomic E-state index is -1.24. The third kappa shape index (κ3) is 1.43. The molecule has 1 aromatic rings. The second-order valence-electron chi connectivity index (χ2n) is 3.24. The highest BCUT2D eigenvalue weighted by Crippen LogP contribution is 2.33. The van der Waals surface area contributed by atoms with Crippen molar-refractivity contribution in [2.24, 2.45) is 0 Å². The number of alkyl halides is 1. The van der Waals surface area contributed by atoms with Crippen LogP contribution in [-0.2, 0) is 4.74 Å². The first-order valence-electron chi connectivity index (χ1n) is 4.24. The van der Waals surface area contributed by atoms with Gasteiger partial charge >= 0.3 is 5.97 Å². The van der Waals surface area contributed by atoms with E-state index >= 15 is 0 Å². The Hall–Kier alpha value is -0.900. The molecule has 74 valence electrons. The van der Waals surface area contributed by atoms with E-state index in [2.05, 4.69) is 15.9 Å². The normalized spacial score (nSPS) is 25.5. The van der Waals surface area contributed by atoms with Gasteiger partial charge in [0.25, 0.3) is 0 Å². The van der Waals surface area contributed by atoms with Gasteiger partial charge in [-0.2, -0.15) is 0 Å². The Morgan fingerprint density at radius 3 is 2.93 bits per heavy atom. The number of fused-ring (bicyclic) bond motifs is 1. The predicted octanol–water partition coefficient (Wildman–Crippen LogP) is 3.02. The van der Waals surface area contributed by atoms with E-state index in [1.165, 1.54) is 0 Å². The third-order valence-electron chi connectivity index (χ3n) is 2.24. The second-order valence-corrected chi connectivity index (χ2v) is 4.16. The van der Waals surface area contributed by atoms with E-state index in [9.17, 15) is 9.18 Å². The van der Waals surface area contributed by atoms with E-state index < -0.39 is 18.2 Å². The summed E-state index contributed by atoms with van der Waals surface area (Å²) < 4.78 is 19.2. The molecule has 1 aromatic carbocycles. The van der Waals surface area contributed by atoms with Crippen molar-refractivity contribution in [2.75, 3.05) is 0 Å². The molecular weight excluding hydrogens is 251 g/mol. The molecule has 14 heavy (non-hydrogen) atoms. The van der Waals surface area contributed by atoms with Crippen molar-refractivity contribution in [3.63, 3.8) is 0 Å². The van der Waals surface area contributed by atoms with E-state index in [4.69, 9.17) is 4.74 Å². The zero-order valence-electron chi connectivity index (χ0n) is 7.46. The zero-order chi connectivity index (χ0) is 10.3. The molecule has 4 heteroatoms. The summed E-state index contributed by atoms with van der Waals surface area (Å²) >= 11 is 3.24. The summed E-state index contributed by atoms with van der Waals surface area (Å²) in [6.07, 6.45) is -1.94. The Morgan fingerprint density at radius 2 is 2.21 bits per heavy atom. The van der Waals surface area contributed by atoms with Crippen LogP contribution >= 0.6 is 15.9 Å². The van der Waals surface area contributed by atoms with Crippen LogP contribution in [0.1, 0.15) is 29.0 Å². The lowest BCUT2D eigenvalue weighted by molar-refractivity contribution is 0.00401. The van der Waals surface area contributed by atoms with Crippen LogP contribution in [0.3, 0.4) is 0 Å². The molecule has 0 radical (unpaired) electrons. The lowest BCUT2D eigenvalue weighted by atomic mass is 9.98. The Morgan fingerprint density at radius 1 is 1.50 bits per heavy atom. The van der Waals surface area contributed by atoms with E-state index in [0.717, 1.165) is 4.47 Å². The lowest BCUT2D eigenvalue weighted by Crippen LogP contribution is -2.27. The van der Waals surface area contributed by atoms with E-state index in [1.807, 2.05) is 0 Å². The molecule has 1 aliphatic heterocycles. The van der Waals surface area contributed by atoms with E-state index in [-0.39, 0.29) is 0 Å². The Bertz CT molecular complexity index is 392. The fourth-order valence-corrected chi connectivity index (χ4v) is 1.87. The number of cyclic esters (lactones) is 1. The standard InChI is InChI=1S/C10H8BrFO2/c1-5-9(12)8-4-6(11)2-3-7(8)10(13)14-5/h2-5,9H,1H3/t5-,9+/m0/s1. The van der Waals surface area contributed by atoms with Gasteiger partial charge in [-0.05, 0) is 25.1 Å². The number of carbonyl (C=O) groups is 1. The summed E-state index contributed by atoms with van der Waals surface area (Å²) in [4.78, 5) is 11.3. The molecule has 0 saturated carbocycles. The van der Waals surface area contributed by atoms with Crippen LogP contribution in [0.2, 0.25) is 0 Å². The van der Waals surface area contributed by atoms with Gasteiger partial charge in [0.05, 0.1) is 5.56 Å². The fourth-order valence-electron chi connectivity index (χ4n) is 1.49. The van der Waals surface area contributed by atoms with Gasteiger partial charge in [0.15, 0.2) is 6.17 Å². The number of hydrogen-bond donors (Lipinski definition) is 0. The first-order chi connectivity index (χ1) is 6.59. The molecule has 0 spiro atoms. The minimum absolute atomic E-state index is 0.318. The molecule has 0 saturated heterocycles. The third-order valence-corrected chi connectivity index (χ3v) is 2.73. The highest BCUT2D eigenvalue weighted by molar-refractivity contribution is 9.10. The number of rotatable bonds is 0. The maximum Gasteiger partial charge on any atom is 0.338 e. The van der Waals surface area contributed by atoms with Gasteiger partial charge in [-0.3, -0.25) is 0 Å². The fraction of sp³-hybridized carbons (Fsp3) is 0.300. The number of hydrogen-bond acceptors (Lipinski definition) is 2. The average Bonchev–Trinajstić information content (AvgIpc) is 2.14. The van der Waals surface area contributed by atoms with Gasteiger partial charge in [0.1, 0.15) is 6.10 Å². The van der Waals surface area contributed by atoms with Crippen molar-refractivity contribution in [2.45, 2.75) is 19.2 Å². The van der Waals surface area contributed by atoms with Gasteiger partial charge < -0.3 is 4.74 Å². The number of carbonyl (C=O) groups excluding carboxylic acids is 1.